The van der Waals surface area contributed by atoms with Crippen LogP contribution in [-0.4, -0.2) is 30.1 Å². The Labute approximate surface area is 116 Å². The number of hydrogen-bond donors (Lipinski definition) is 1. The lowest BCUT2D eigenvalue weighted by Gasteiger charge is -2.18. The van der Waals surface area contributed by atoms with Crippen LogP contribution in [0, 0.1) is 0 Å². The van der Waals surface area contributed by atoms with Gasteiger partial charge < -0.3 is 15.2 Å². The molecule has 1 heterocycles. The third kappa shape index (κ3) is 2.87. The molecule has 2 N–H and O–H groups in total. The second-order valence-electron chi connectivity index (χ2n) is 4.22. The summed E-state index contributed by atoms with van der Waals surface area (Å²) in [7, 11) is 3.03. The molecule has 0 saturated heterocycles. The first-order chi connectivity index (χ1) is 9.67. The van der Waals surface area contributed by atoms with Crippen LogP contribution in [0.1, 0.15) is 0 Å². The van der Waals surface area contributed by atoms with Gasteiger partial charge in [-0.05, 0) is 0 Å². The molecule has 1 aromatic heterocycles. The lowest BCUT2D eigenvalue weighted by molar-refractivity contribution is -0.111. The summed E-state index contributed by atoms with van der Waals surface area (Å²) < 4.78 is 11.7. The van der Waals surface area contributed by atoms with Gasteiger partial charge in [0.15, 0.2) is 6.29 Å². The van der Waals surface area contributed by atoms with E-state index in [-0.39, 0.29) is 17.8 Å². The maximum Gasteiger partial charge on any atom is 0.277 e. The fourth-order valence-corrected chi connectivity index (χ4v) is 1.89. The molecule has 0 fully saturated rings. The molecule has 0 aliphatic rings. The first-order valence-corrected chi connectivity index (χ1v) is 6.13. The lowest BCUT2D eigenvalue weighted by atomic mass is 10.2. The number of hydrogen-bond acceptors (Lipinski definition) is 5. The van der Waals surface area contributed by atoms with Crippen LogP contribution in [0.3, 0.4) is 0 Å². The Morgan fingerprint density at radius 3 is 2.50 bits per heavy atom. The predicted octanol–water partition coefficient (Wildman–Crippen LogP) is 1.11. The third-order valence-corrected chi connectivity index (χ3v) is 2.96. The SMILES string of the molecule is COC(Cn1c(-c2ccccc2)ncc(N)c1=O)OC. The number of anilines is 1. The van der Waals surface area contributed by atoms with Crippen LogP contribution in [-0.2, 0) is 16.0 Å². The molecule has 0 amide bonds. The average molecular weight is 275 g/mol. The summed E-state index contributed by atoms with van der Waals surface area (Å²) in [4.78, 5) is 16.5. The molecular weight excluding hydrogens is 258 g/mol. The zero-order valence-electron chi connectivity index (χ0n) is 11.4. The van der Waals surface area contributed by atoms with Gasteiger partial charge in [-0.2, -0.15) is 0 Å². The Kier molecular flexibility index (Phi) is 4.49. The fourth-order valence-electron chi connectivity index (χ4n) is 1.89. The molecule has 6 heteroatoms. The predicted molar refractivity (Wildman–Crippen MR) is 76.2 cm³/mol. The van der Waals surface area contributed by atoms with Gasteiger partial charge in [0.25, 0.3) is 5.56 Å². The van der Waals surface area contributed by atoms with Gasteiger partial charge in [-0.15, -0.1) is 0 Å². The Morgan fingerprint density at radius 2 is 1.90 bits per heavy atom. The lowest BCUT2D eigenvalue weighted by Crippen LogP contribution is -2.32. The van der Waals surface area contributed by atoms with E-state index in [2.05, 4.69) is 4.98 Å². The molecule has 0 bridgehead atoms. The summed E-state index contributed by atoms with van der Waals surface area (Å²) >= 11 is 0. The van der Waals surface area contributed by atoms with Crippen molar-refractivity contribution in [1.29, 1.82) is 0 Å². The van der Waals surface area contributed by atoms with Gasteiger partial charge >= 0.3 is 0 Å². The minimum absolute atomic E-state index is 0.0932. The first kappa shape index (κ1) is 14.2. The number of ether oxygens (including phenoxy) is 2. The summed E-state index contributed by atoms with van der Waals surface area (Å²) in [6.45, 7) is 0.216. The quantitative estimate of drug-likeness (QED) is 0.827. The average Bonchev–Trinajstić information content (AvgIpc) is 2.49. The number of nitrogen functional groups attached to an aromatic ring is 1. The zero-order valence-corrected chi connectivity index (χ0v) is 11.4. The zero-order chi connectivity index (χ0) is 14.5. The van der Waals surface area contributed by atoms with Crippen LogP contribution in [0.25, 0.3) is 11.4 Å². The number of rotatable bonds is 5. The Balaban J connectivity index is 2.52. The highest BCUT2D eigenvalue weighted by atomic mass is 16.7. The van der Waals surface area contributed by atoms with Crippen molar-refractivity contribution in [2.24, 2.45) is 0 Å². The molecule has 0 radical (unpaired) electrons. The first-order valence-electron chi connectivity index (χ1n) is 6.13. The largest absolute Gasteiger partial charge is 0.393 e. The van der Waals surface area contributed by atoms with Gasteiger partial charge in [0.2, 0.25) is 0 Å². The van der Waals surface area contributed by atoms with Crippen molar-refractivity contribution in [3.05, 3.63) is 46.9 Å². The highest BCUT2D eigenvalue weighted by molar-refractivity contribution is 5.56. The van der Waals surface area contributed by atoms with Crippen molar-refractivity contribution in [2.75, 3.05) is 20.0 Å². The van der Waals surface area contributed by atoms with E-state index in [1.807, 2.05) is 30.3 Å². The van der Waals surface area contributed by atoms with Gasteiger partial charge in [-0.25, -0.2) is 4.98 Å². The molecule has 0 aliphatic carbocycles. The maximum atomic E-state index is 12.2. The molecule has 0 spiro atoms. The van der Waals surface area contributed by atoms with Crippen molar-refractivity contribution in [2.45, 2.75) is 12.8 Å². The fraction of sp³-hybridized carbons (Fsp3) is 0.286. The second-order valence-corrected chi connectivity index (χ2v) is 4.22. The second kappa shape index (κ2) is 6.31. The van der Waals surface area contributed by atoms with Crippen LogP contribution in [0.15, 0.2) is 41.3 Å². The van der Waals surface area contributed by atoms with Crippen LogP contribution < -0.4 is 11.3 Å². The van der Waals surface area contributed by atoms with E-state index in [0.29, 0.717) is 5.82 Å². The van der Waals surface area contributed by atoms with E-state index in [1.165, 1.54) is 25.0 Å². The Morgan fingerprint density at radius 1 is 1.25 bits per heavy atom. The molecule has 0 aliphatic heterocycles. The normalized spacial score (nSPS) is 10.9. The number of nitrogens with zero attached hydrogens (tertiary/aromatic N) is 2. The molecule has 0 atom stereocenters. The van der Waals surface area contributed by atoms with Crippen molar-refractivity contribution < 1.29 is 9.47 Å². The van der Waals surface area contributed by atoms with E-state index >= 15 is 0 Å². The Bertz CT molecular complexity index is 621. The van der Waals surface area contributed by atoms with Gasteiger partial charge in [-0.3, -0.25) is 9.36 Å². The molecule has 6 nitrogen and oxygen atoms in total. The number of aromatic nitrogens is 2. The third-order valence-electron chi connectivity index (χ3n) is 2.96. The smallest absolute Gasteiger partial charge is 0.277 e. The van der Waals surface area contributed by atoms with Gasteiger partial charge in [0.05, 0.1) is 12.7 Å². The van der Waals surface area contributed by atoms with Gasteiger partial charge in [0.1, 0.15) is 11.5 Å². The highest BCUT2D eigenvalue weighted by Gasteiger charge is 2.15. The number of nitrogens with two attached hydrogens (primary N) is 1. The van der Waals surface area contributed by atoms with Crippen LogP contribution in [0.5, 0.6) is 0 Å². The van der Waals surface area contributed by atoms with Crippen LogP contribution in [0.2, 0.25) is 0 Å². The van der Waals surface area contributed by atoms with E-state index in [0.717, 1.165) is 5.56 Å². The van der Waals surface area contributed by atoms with Crippen LogP contribution >= 0.6 is 0 Å². The molecule has 106 valence electrons. The van der Waals surface area contributed by atoms with Crippen molar-refractivity contribution in [3.8, 4) is 11.4 Å². The summed E-state index contributed by atoms with van der Waals surface area (Å²) in [6, 6.07) is 9.42. The summed E-state index contributed by atoms with van der Waals surface area (Å²) in [6.07, 6.45) is 0.828. The standard InChI is InChI=1S/C14H17N3O3/c1-19-12(20-2)9-17-13(10-6-4-3-5-7-10)16-8-11(15)14(17)18/h3-8,12H,9,15H2,1-2H3. The molecular formula is C14H17N3O3. The summed E-state index contributed by atoms with van der Waals surface area (Å²) in [5.74, 6) is 0.531. The molecule has 2 aromatic rings. The monoisotopic (exact) mass is 275 g/mol. The van der Waals surface area contributed by atoms with E-state index in [4.69, 9.17) is 15.2 Å². The minimum atomic E-state index is -0.543. The van der Waals surface area contributed by atoms with Crippen LogP contribution in [0.4, 0.5) is 5.69 Å². The Hall–Kier alpha value is -2.18. The summed E-state index contributed by atoms with van der Waals surface area (Å²) in [5, 5.41) is 0. The maximum absolute atomic E-state index is 12.2. The molecule has 1 aromatic carbocycles. The minimum Gasteiger partial charge on any atom is -0.393 e. The molecule has 2 rings (SSSR count). The number of methoxy groups -OCH3 is 2. The number of benzene rings is 1. The van der Waals surface area contributed by atoms with Gasteiger partial charge in [-0.1, -0.05) is 30.3 Å². The molecule has 0 saturated carbocycles. The van der Waals surface area contributed by atoms with Crippen molar-refractivity contribution >= 4 is 5.69 Å². The highest BCUT2D eigenvalue weighted by Crippen LogP contribution is 2.16. The van der Waals surface area contributed by atoms with E-state index in [9.17, 15) is 4.79 Å². The summed E-state index contributed by atoms with van der Waals surface area (Å²) in [5.41, 5.74) is 6.26. The molecule has 20 heavy (non-hydrogen) atoms. The topological polar surface area (TPSA) is 79.4 Å². The van der Waals surface area contributed by atoms with Crippen molar-refractivity contribution in [1.82, 2.24) is 9.55 Å². The molecule has 0 unspecified atom stereocenters. The van der Waals surface area contributed by atoms with Gasteiger partial charge in [0, 0.05) is 19.8 Å². The van der Waals surface area contributed by atoms with Crippen molar-refractivity contribution in [3.63, 3.8) is 0 Å². The van der Waals surface area contributed by atoms with E-state index in [1.54, 1.807) is 0 Å². The van der Waals surface area contributed by atoms with E-state index < -0.39 is 6.29 Å².